The lowest BCUT2D eigenvalue weighted by Gasteiger charge is -2.23. The summed E-state index contributed by atoms with van der Waals surface area (Å²) in [6, 6.07) is 13.9. The summed E-state index contributed by atoms with van der Waals surface area (Å²) >= 11 is 0. The topological polar surface area (TPSA) is 161 Å². The Bertz CT molecular complexity index is 1480. The van der Waals surface area contributed by atoms with Crippen molar-refractivity contribution in [3.05, 3.63) is 82.9 Å². The van der Waals surface area contributed by atoms with Crippen LogP contribution in [0.5, 0.6) is 0 Å². The van der Waals surface area contributed by atoms with Crippen LogP contribution in [-0.4, -0.2) is 33.0 Å². The fourth-order valence-electron chi connectivity index (χ4n) is 3.40. The Balaban J connectivity index is 2.07. The number of nitrogens with two attached hydrogens (primary N) is 1. The van der Waals surface area contributed by atoms with Gasteiger partial charge in [-0.2, -0.15) is 8.42 Å². The number of fused-ring (bicyclic) bond motifs is 2. The van der Waals surface area contributed by atoms with Crippen LogP contribution in [0.15, 0.2) is 70.5 Å². The highest BCUT2D eigenvalue weighted by Gasteiger charge is 2.39. The third-order valence-corrected chi connectivity index (χ3v) is 7.06. The molecule has 3 aromatic carbocycles. The number of rotatable bonds is 4. The molecule has 158 valence electrons. The summed E-state index contributed by atoms with van der Waals surface area (Å²) in [6.07, 6.45) is 0. The first-order valence-electron chi connectivity index (χ1n) is 8.72. The number of carbonyl (C=O) groups is 2. The third kappa shape index (κ3) is 3.38. The lowest BCUT2D eigenvalue weighted by Crippen LogP contribution is -2.28. The Kier molecular flexibility index (Phi) is 4.69. The van der Waals surface area contributed by atoms with Crippen LogP contribution in [0.2, 0.25) is 0 Å². The van der Waals surface area contributed by atoms with Crippen molar-refractivity contribution in [1.29, 1.82) is 0 Å². The lowest BCUT2D eigenvalue weighted by atomic mass is 9.83. The number of nitrogens with one attached hydrogen (secondary N) is 1. The van der Waals surface area contributed by atoms with Crippen molar-refractivity contribution in [3.63, 3.8) is 0 Å². The highest BCUT2D eigenvalue weighted by molar-refractivity contribution is 7.93. The van der Waals surface area contributed by atoms with Gasteiger partial charge in [0.2, 0.25) is 0 Å². The van der Waals surface area contributed by atoms with Crippen molar-refractivity contribution >= 4 is 43.1 Å². The minimum Gasteiger partial charge on any atom is -0.397 e. The van der Waals surface area contributed by atoms with Gasteiger partial charge >= 0.3 is 0 Å². The zero-order valence-corrected chi connectivity index (χ0v) is 17.2. The Morgan fingerprint density at radius 2 is 1.26 bits per heavy atom. The maximum atomic E-state index is 13.2. The van der Waals surface area contributed by atoms with Gasteiger partial charge in [0.1, 0.15) is 9.79 Å². The second-order valence-corrected chi connectivity index (χ2v) is 9.73. The number of ketones is 2. The summed E-state index contributed by atoms with van der Waals surface area (Å²) in [7, 11) is -9.59. The van der Waals surface area contributed by atoms with Crippen LogP contribution >= 0.6 is 0 Å². The highest BCUT2D eigenvalue weighted by Crippen LogP contribution is 2.38. The second-order valence-electron chi connectivity index (χ2n) is 6.69. The summed E-state index contributed by atoms with van der Waals surface area (Å²) < 4.78 is 61.8. The van der Waals surface area contributed by atoms with E-state index >= 15 is 0 Å². The Morgan fingerprint density at radius 1 is 0.742 bits per heavy atom. The normalized spacial score (nSPS) is 13.5. The minimum atomic E-state index is -5.02. The maximum Gasteiger partial charge on any atom is 0.296 e. The molecule has 0 unspecified atom stereocenters. The molecule has 0 heterocycles. The summed E-state index contributed by atoms with van der Waals surface area (Å²) in [4.78, 5) is 24.5. The van der Waals surface area contributed by atoms with Gasteiger partial charge in [-0.3, -0.25) is 18.9 Å². The van der Waals surface area contributed by atoms with Gasteiger partial charge in [0, 0.05) is 16.8 Å². The number of anilines is 2. The van der Waals surface area contributed by atoms with Crippen molar-refractivity contribution in [3.8, 4) is 0 Å². The molecule has 1 aliphatic carbocycles. The zero-order chi connectivity index (χ0) is 22.6. The van der Waals surface area contributed by atoms with Gasteiger partial charge < -0.3 is 5.73 Å². The van der Waals surface area contributed by atoms with Crippen molar-refractivity contribution < 1.29 is 31.0 Å². The largest absolute Gasteiger partial charge is 0.397 e. The predicted octanol–water partition coefficient (Wildman–Crippen LogP) is 2.09. The van der Waals surface area contributed by atoms with E-state index in [1.54, 1.807) is 18.2 Å². The number of hydrogen-bond acceptors (Lipinski definition) is 7. The first-order valence-corrected chi connectivity index (χ1v) is 11.6. The maximum absolute atomic E-state index is 13.2. The number of para-hydroxylation sites is 1. The summed E-state index contributed by atoms with van der Waals surface area (Å²) in [5.74, 6) is -1.64. The number of hydrogen-bond donors (Lipinski definition) is 3. The first-order chi connectivity index (χ1) is 14.5. The molecule has 4 rings (SSSR count). The average Bonchev–Trinajstić information content (AvgIpc) is 2.71. The molecule has 0 spiro atoms. The van der Waals surface area contributed by atoms with Gasteiger partial charge in [-0.1, -0.05) is 42.5 Å². The second kappa shape index (κ2) is 7.01. The third-order valence-electron chi connectivity index (χ3n) is 4.76. The predicted molar refractivity (Wildman–Crippen MR) is 111 cm³/mol. The van der Waals surface area contributed by atoms with E-state index in [0.29, 0.717) is 6.07 Å². The molecule has 0 amide bonds. The Morgan fingerprint density at radius 3 is 1.81 bits per heavy atom. The molecule has 4 N–H and O–H groups in total. The van der Waals surface area contributed by atoms with E-state index < -0.39 is 58.3 Å². The summed E-state index contributed by atoms with van der Waals surface area (Å²) in [5.41, 5.74) is 4.02. The molecule has 0 bridgehead atoms. The lowest BCUT2D eigenvalue weighted by molar-refractivity contribution is 0.0977. The number of nitrogen functional groups attached to an aromatic ring is 1. The van der Waals surface area contributed by atoms with E-state index in [9.17, 15) is 31.0 Å². The van der Waals surface area contributed by atoms with Crippen molar-refractivity contribution in [2.24, 2.45) is 0 Å². The van der Waals surface area contributed by atoms with Gasteiger partial charge in [-0.25, -0.2) is 8.42 Å². The number of sulfonamides is 1. The highest BCUT2D eigenvalue weighted by atomic mass is 32.2. The molecule has 0 atom stereocenters. The molecule has 1 aliphatic rings. The van der Waals surface area contributed by atoms with Crippen LogP contribution in [0, 0.1) is 0 Å². The van der Waals surface area contributed by atoms with Crippen molar-refractivity contribution in [2.75, 3.05) is 10.5 Å². The molecule has 31 heavy (non-hydrogen) atoms. The van der Waals surface area contributed by atoms with Gasteiger partial charge in [-0.05, 0) is 18.2 Å². The van der Waals surface area contributed by atoms with Crippen LogP contribution in [0.3, 0.4) is 0 Å². The van der Waals surface area contributed by atoms with E-state index in [-0.39, 0.29) is 16.8 Å². The smallest absolute Gasteiger partial charge is 0.296 e. The molecule has 0 aliphatic heterocycles. The minimum absolute atomic E-state index is 0.0461. The van der Waals surface area contributed by atoms with Crippen LogP contribution in [0.1, 0.15) is 31.8 Å². The van der Waals surface area contributed by atoms with Crippen molar-refractivity contribution in [2.45, 2.75) is 9.79 Å². The molecular formula is C20H14N2O7S2. The molecule has 0 saturated heterocycles. The SMILES string of the molecule is Nc1c(S(=O)(=O)O)cc(S(=O)(=O)Nc2ccccc2)c2c1C(=O)c1ccccc1C2=O. The van der Waals surface area contributed by atoms with E-state index in [1.807, 2.05) is 0 Å². The van der Waals surface area contributed by atoms with E-state index in [4.69, 9.17) is 5.73 Å². The molecule has 0 aromatic heterocycles. The molecule has 0 saturated carbocycles. The molecule has 9 nitrogen and oxygen atoms in total. The van der Waals surface area contributed by atoms with E-state index in [0.717, 1.165) is 0 Å². The van der Waals surface area contributed by atoms with Gasteiger partial charge in [-0.15, -0.1) is 0 Å². The van der Waals surface area contributed by atoms with Gasteiger partial charge in [0.25, 0.3) is 20.1 Å². The summed E-state index contributed by atoms with van der Waals surface area (Å²) in [6.45, 7) is 0. The molecular weight excluding hydrogens is 444 g/mol. The fourth-order valence-corrected chi connectivity index (χ4v) is 5.42. The molecule has 0 radical (unpaired) electrons. The van der Waals surface area contributed by atoms with Crippen molar-refractivity contribution in [1.82, 2.24) is 0 Å². The molecule has 3 aromatic rings. The molecule has 11 heteroatoms. The van der Waals surface area contributed by atoms with Gasteiger partial charge in [0.05, 0.1) is 16.8 Å². The first kappa shape index (κ1) is 20.7. The zero-order valence-electron chi connectivity index (χ0n) is 15.6. The van der Waals surface area contributed by atoms with Gasteiger partial charge in [0.15, 0.2) is 11.6 Å². The average molecular weight is 458 g/mol. The monoisotopic (exact) mass is 458 g/mol. The summed E-state index contributed by atoms with van der Waals surface area (Å²) in [5, 5.41) is 0. The standard InChI is InChI=1S/C20H14N2O7S2/c21-18-15(31(27,28)29)10-14(30(25,26)22-11-6-2-1-3-7-11)16-17(18)20(24)13-9-5-4-8-12(13)19(16)23/h1-10,22H,21H2,(H,27,28,29). The number of carbonyl (C=O) groups excluding carboxylic acids is 2. The Hall–Kier alpha value is -3.54. The van der Waals surface area contributed by atoms with E-state index in [2.05, 4.69) is 4.72 Å². The number of benzene rings is 3. The fraction of sp³-hybridized carbons (Fsp3) is 0. The quantitative estimate of drug-likeness (QED) is 0.309. The van der Waals surface area contributed by atoms with Crippen LogP contribution in [-0.2, 0) is 20.1 Å². The van der Waals surface area contributed by atoms with Crippen LogP contribution in [0.25, 0.3) is 0 Å². The Labute approximate surface area is 177 Å². The van der Waals surface area contributed by atoms with Crippen LogP contribution in [0.4, 0.5) is 11.4 Å². The van der Waals surface area contributed by atoms with Crippen LogP contribution < -0.4 is 10.5 Å². The van der Waals surface area contributed by atoms with E-state index in [1.165, 1.54) is 36.4 Å². The molecule has 0 fully saturated rings.